The van der Waals surface area contributed by atoms with Gasteiger partial charge >= 0.3 is 0 Å². The van der Waals surface area contributed by atoms with Gasteiger partial charge in [0.15, 0.2) is 0 Å². The van der Waals surface area contributed by atoms with Crippen LogP contribution < -0.4 is 0 Å². The van der Waals surface area contributed by atoms with Gasteiger partial charge in [0.05, 0.1) is 21.1 Å². The molecule has 3 aromatic rings. The SMILES string of the molecule is C=NC(=C(Cl)C=CC)c1cn(S(=O)(=O)c2ccccc2)c2ccccc12. The molecule has 0 aliphatic rings. The van der Waals surface area contributed by atoms with E-state index in [9.17, 15) is 8.42 Å². The predicted octanol–water partition coefficient (Wildman–Crippen LogP) is 5.06. The Bertz CT molecular complexity index is 1130. The van der Waals surface area contributed by atoms with Crippen LogP contribution in [0.2, 0.25) is 0 Å². The Labute approximate surface area is 157 Å². The molecule has 0 aliphatic carbocycles. The van der Waals surface area contributed by atoms with Crippen LogP contribution in [0.25, 0.3) is 16.6 Å². The topological polar surface area (TPSA) is 51.4 Å². The van der Waals surface area contributed by atoms with Crippen LogP contribution in [0.3, 0.4) is 0 Å². The highest BCUT2D eigenvalue weighted by molar-refractivity contribution is 7.90. The lowest BCUT2D eigenvalue weighted by Crippen LogP contribution is -2.11. The van der Waals surface area contributed by atoms with Crippen LogP contribution in [-0.4, -0.2) is 19.1 Å². The summed E-state index contributed by atoms with van der Waals surface area (Å²) in [5.41, 5.74) is 1.60. The molecule has 0 bridgehead atoms. The number of rotatable bonds is 5. The molecule has 0 unspecified atom stereocenters. The zero-order valence-electron chi connectivity index (χ0n) is 14.1. The first-order valence-electron chi connectivity index (χ1n) is 7.91. The van der Waals surface area contributed by atoms with Crippen LogP contribution in [0, 0.1) is 0 Å². The molecule has 3 rings (SSSR count). The van der Waals surface area contributed by atoms with Gasteiger partial charge in [-0.15, -0.1) is 0 Å². The minimum absolute atomic E-state index is 0.212. The van der Waals surface area contributed by atoms with Crippen molar-refractivity contribution in [3.05, 3.63) is 83.5 Å². The highest BCUT2D eigenvalue weighted by Gasteiger charge is 2.22. The zero-order valence-corrected chi connectivity index (χ0v) is 15.7. The van der Waals surface area contributed by atoms with Crippen molar-refractivity contribution in [1.82, 2.24) is 3.97 Å². The summed E-state index contributed by atoms with van der Waals surface area (Å²) >= 11 is 6.32. The van der Waals surface area contributed by atoms with Crippen LogP contribution in [0.4, 0.5) is 0 Å². The molecule has 4 nitrogen and oxygen atoms in total. The van der Waals surface area contributed by atoms with Crippen molar-refractivity contribution >= 4 is 44.9 Å². The highest BCUT2D eigenvalue weighted by Crippen LogP contribution is 2.33. The number of aromatic nitrogens is 1. The van der Waals surface area contributed by atoms with E-state index in [4.69, 9.17) is 11.6 Å². The van der Waals surface area contributed by atoms with Crippen LogP contribution >= 0.6 is 11.6 Å². The lowest BCUT2D eigenvalue weighted by atomic mass is 10.1. The van der Waals surface area contributed by atoms with Gasteiger partial charge in [0.1, 0.15) is 0 Å². The maximum Gasteiger partial charge on any atom is 0.268 e. The van der Waals surface area contributed by atoms with Gasteiger partial charge in [-0.25, -0.2) is 12.4 Å². The number of benzene rings is 2. The van der Waals surface area contributed by atoms with E-state index < -0.39 is 10.0 Å². The molecule has 0 amide bonds. The van der Waals surface area contributed by atoms with Crippen LogP contribution in [0.1, 0.15) is 12.5 Å². The quantitative estimate of drug-likeness (QED) is 0.456. The molecule has 1 aromatic heterocycles. The van der Waals surface area contributed by atoms with Gasteiger partial charge in [-0.1, -0.05) is 54.1 Å². The first-order valence-corrected chi connectivity index (χ1v) is 9.72. The number of nitrogens with zero attached hydrogens (tertiary/aromatic N) is 2. The van der Waals surface area contributed by atoms with E-state index in [1.807, 2.05) is 19.1 Å². The largest absolute Gasteiger partial charge is 0.268 e. The fourth-order valence-electron chi connectivity index (χ4n) is 2.76. The first-order chi connectivity index (χ1) is 12.5. The van der Waals surface area contributed by atoms with E-state index in [0.29, 0.717) is 21.8 Å². The molecule has 0 saturated heterocycles. The van der Waals surface area contributed by atoms with Crippen molar-refractivity contribution in [2.75, 3.05) is 0 Å². The minimum atomic E-state index is -3.75. The summed E-state index contributed by atoms with van der Waals surface area (Å²) in [6.07, 6.45) is 5.03. The molecule has 0 atom stereocenters. The van der Waals surface area contributed by atoms with Crippen molar-refractivity contribution in [2.45, 2.75) is 11.8 Å². The predicted molar refractivity (Wildman–Crippen MR) is 108 cm³/mol. The number of hydrogen-bond acceptors (Lipinski definition) is 3. The van der Waals surface area contributed by atoms with Gasteiger partial charge in [-0.2, -0.15) is 0 Å². The standard InChI is InChI=1S/C20H17ClN2O2S/c1-3-9-18(21)20(22-2)17-14-23(19-13-8-7-12-16(17)19)26(24,25)15-10-5-4-6-11-15/h3-14H,2H2,1H3. The fraction of sp³-hybridized carbons (Fsp3) is 0.0500. The molecule has 26 heavy (non-hydrogen) atoms. The van der Waals surface area contributed by atoms with Gasteiger partial charge in [0.25, 0.3) is 10.0 Å². The molecule has 0 aliphatic heterocycles. The van der Waals surface area contributed by atoms with Gasteiger partial charge in [0.2, 0.25) is 0 Å². The second kappa shape index (κ2) is 7.32. The summed E-state index contributed by atoms with van der Waals surface area (Å²) in [5.74, 6) is 0. The first kappa shape index (κ1) is 18.2. The van der Waals surface area contributed by atoms with E-state index in [0.717, 1.165) is 5.39 Å². The van der Waals surface area contributed by atoms with Crippen molar-refractivity contribution in [3.8, 4) is 0 Å². The average Bonchev–Trinajstić information content (AvgIpc) is 3.04. The van der Waals surface area contributed by atoms with Crippen molar-refractivity contribution < 1.29 is 8.42 Å². The number of aliphatic imine (C=N–C) groups is 1. The Morgan fingerprint density at radius 2 is 1.77 bits per heavy atom. The van der Waals surface area contributed by atoms with Crippen molar-refractivity contribution in [1.29, 1.82) is 0 Å². The normalized spacial score (nSPS) is 13.2. The Balaban J connectivity index is 2.34. The van der Waals surface area contributed by atoms with Gasteiger partial charge in [0, 0.05) is 17.1 Å². The minimum Gasteiger partial charge on any atom is -0.262 e. The number of hydrogen-bond donors (Lipinski definition) is 0. The molecule has 0 fully saturated rings. The fourth-order valence-corrected chi connectivity index (χ4v) is 4.44. The summed E-state index contributed by atoms with van der Waals surface area (Å²) in [7, 11) is -3.75. The van der Waals surface area contributed by atoms with E-state index in [1.54, 1.807) is 60.8 Å². The van der Waals surface area contributed by atoms with Gasteiger partial charge < -0.3 is 0 Å². The van der Waals surface area contributed by atoms with Crippen LogP contribution in [0.15, 0.2) is 87.9 Å². The van der Waals surface area contributed by atoms with E-state index in [-0.39, 0.29) is 4.90 Å². The maximum absolute atomic E-state index is 13.1. The van der Waals surface area contributed by atoms with Crippen LogP contribution in [0.5, 0.6) is 0 Å². The average molecular weight is 385 g/mol. The van der Waals surface area contributed by atoms with E-state index >= 15 is 0 Å². The van der Waals surface area contributed by atoms with Gasteiger partial charge in [-0.05, 0) is 37.9 Å². The Hall–Kier alpha value is -2.63. The van der Waals surface area contributed by atoms with Crippen LogP contribution in [-0.2, 0) is 10.0 Å². The van der Waals surface area contributed by atoms with Crippen molar-refractivity contribution in [2.24, 2.45) is 4.99 Å². The molecule has 6 heteroatoms. The second-order valence-corrected chi connectivity index (χ2v) is 7.75. The number of allylic oxidation sites excluding steroid dienone is 3. The summed E-state index contributed by atoms with van der Waals surface area (Å²) < 4.78 is 27.5. The summed E-state index contributed by atoms with van der Waals surface area (Å²) in [6.45, 7) is 5.43. The molecule has 0 spiro atoms. The molecule has 132 valence electrons. The van der Waals surface area contributed by atoms with E-state index in [2.05, 4.69) is 11.7 Å². The number of fused-ring (bicyclic) bond motifs is 1. The monoisotopic (exact) mass is 384 g/mol. The molecule has 1 heterocycles. The summed E-state index contributed by atoms with van der Waals surface area (Å²) in [4.78, 5) is 4.25. The van der Waals surface area contributed by atoms with Gasteiger partial charge in [-0.3, -0.25) is 4.99 Å². The third-order valence-corrected chi connectivity index (χ3v) is 5.92. The Morgan fingerprint density at radius 1 is 1.12 bits per heavy atom. The lowest BCUT2D eigenvalue weighted by molar-refractivity contribution is 0.589. The Kier molecular flexibility index (Phi) is 5.11. The molecule has 2 aromatic carbocycles. The summed E-state index contributed by atoms with van der Waals surface area (Å²) in [5, 5.41) is 1.12. The van der Waals surface area contributed by atoms with E-state index in [1.165, 1.54) is 3.97 Å². The smallest absolute Gasteiger partial charge is 0.262 e. The third-order valence-electron chi connectivity index (χ3n) is 3.93. The molecule has 0 N–H and O–H groups in total. The molecule has 0 radical (unpaired) electrons. The number of halogens is 1. The Morgan fingerprint density at radius 3 is 2.42 bits per heavy atom. The highest BCUT2D eigenvalue weighted by atomic mass is 35.5. The maximum atomic E-state index is 13.1. The third kappa shape index (κ3) is 3.11. The second-order valence-electron chi connectivity index (χ2n) is 5.53. The number of para-hydroxylation sites is 1. The summed E-state index contributed by atoms with van der Waals surface area (Å²) in [6, 6.07) is 15.5. The lowest BCUT2D eigenvalue weighted by Gasteiger charge is -2.07. The zero-order chi connectivity index (χ0) is 18.7. The molecular weight excluding hydrogens is 368 g/mol. The molecule has 0 saturated carbocycles. The van der Waals surface area contributed by atoms with Crippen molar-refractivity contribution in [3.63, 3.8) is 0 Å². The molecular formula is C20H17ClN2O2S.